The number of carbonyl (C=O) groups is 1. The molecule has 2 fully saturated rings. The van der Waals surface area contributed by atoms with Gasteiger partial charge in [0.05, 0.1) is 17.7 Å². The number of carbonyl (C=O) groups excluding carboxylic acids is 1. The van der Waals surface area contributed by atoms with Crippen LogP contribution in [0, 0.1) is 5.92 Å². The summed E-state index contributed by atoms with van der Waals surface area (Å²) in [7, 11) is 0. The molecule has 3 rings (SSSR count). The van der Waals surface area contributed by atoms with Crippen molar-refractivity contribution in [2.75, 3.05) is 19.7 Å². The van der Waals surface area contributed by atoms with Gasteiger partial charge >= 0.3 is 6.09 Å². The summed E-state index contributed by atoms with van der Waals surface area (Å²) in [4.78, 5) is 13.0. The Kier molecular flexibility index (Phi) is 5.28. The first-order valence-electron chi connectivity index (χ1n) is 8.20. The average molecular weight is 339 g/mol. The molecule has 5 nitrogen and oxygen atoms in total. The van der Waals surface area contributed by atoms with Gasteiger partial charge in [-0.15, -0.1) is 0 Å². The SMILES string of the molecule is NC(=O)OCC1CC(Oc2cccc(CN3CCCC3)c2Cl)C1. The molecule has 2 aliphatic rings. The monoisotopic (exact) mass is 338 g/mol. The van der Waals surface area contributed by atoms with Gasteiger partial charge in [-0.25, -0.2) is 4.79 Å². The van der Waals surface area contributed by atoms with Crippen LogP contribution in [0.2, 0.25) is 5.02 Å². The maximum atomic E-state index is 10.6. The molecule has 1 aliphatic heterocycles. The van der Waals surface area contributed by atoms with Crippen molar-refractivity contribution < 1.29 is 14.3 Å². The maximum Gasteiger partial charge on any atom is 0.404 e. The van der Waals surface area contributed by atoms with Crippen LogP contribution < -0.4 is 10.5 Å². The zero-order valence-electron chi connectivity index (χ0n) is 13.2. The first kappa shape index (κ1) is 16.4. The molecule has 1 saturated heterocycles. The molecule has 0 unspecified atom stereocenters. The van der Waals surface area contributed by atoms with E-state index in [4.69, 9.17) is 26.8 Å². The molecule has 1 heterocycles. The fourth-order valence-electron chi connectivity index (χ4n) is 3.24. The second kappa shape index (κ2) is 7.41. The van der Waals surface area contributed by atoms with Gasteiger partial charge in [0.15, 0.2) is 0 Å². The summed E-state index contributed by atoms with van der Waals surface area (Å²) in [6.07, 6.45) is 3.68. The van der Waals surface area contributed by atoms with Crippen molar-refractivity contribution in [1.82, 2.24) is 4.90 Å². The highest BCUT2D eigenvalue weighted by Crippen LogP contribution is 2.36. The van der Waals surface area contributed by atoms with Crippen LogP contribution in [0.4, 0.5) is 4.79 Å². The molecule has 6 heteroatoms. The van der Waals surface area contributed by atoms with Crippen LogP contribution in [0.15, 0.2) is 18.2 Å². The van der Waals surface area contributed by atoms with Crippen molar-refractivity contribution in [3.8, 4) is 5.75 Å². The molecular formula is C17H23ClN2O3. The van der Waals surface area contributed by atoms with Crippen molar-refractivity contribution in [3.63, 3.8) is 0 Å². The summed E-state index contributed by atoms with van der Waals surface area (Å²) >= 11 is 6.51. The van der Waals surface area contributed by atoms with Crippen molar-refractivity contribution >= 4 is 17.7 Å². The van der Waals surface area contributed by atoms with Crippen LogP contribution in [0.25, 0.3) is 0 Å². The van der Waals surface area contributed by atoms with Crippen molar-refractivity contribution in [3.05, 3.63) is 28.8 Å². The second-order valence-corrected chi connectivity index (χ2v) is 6.80. The summed E-state index contributed by atoms with van der Waals surface area (Å²) < 4.78 is 10.8. The zero-order valence-corrected chi connectivity index (χ0v) is 13.9. The van der Waals surface area contributed by atoms with Gasteiger partial charge in [-0.2, -0.15) is 0 Å². The van der Waals surface area contributed by atoms with E-state index < -0.39 is 6.09 Å². The summed E-state index contributed by atoms with van der Waals surface area (Å²) in [5.41, 5.74) is 6.09. The highest BCUT2D eigenvalue weighted by atomic mass is 35.5. The Morgan fingerprint density at radius 3 is 2.74 bits per heavy atom. The molecule has 126 valence electrons. The third-order valence-electron chi connectivity index (χ3n) is 4.58. The standard InChI is InChI=1S/C17H23ClN2O3/c18-16-13(10-20-6-1-2-7-20)4-3-5-15(16)23-14-8-12(9-14)11-22-17(19)21/h3-5,12,14H,1-2,6-11H2,(H2,19,21). The average Bonchev–Trinajstić information content (AvgIpc) is 2.97. The first-order valence-corrected chi connectivity index (χ1v) is 8.58. The number of hydrogen-bond donors (Lipinski definition) is 1. The number of primary amides is 1. The van der Waals surface area contributed by atoms with E-state index in [1.54, 1.807) is 0 Å². The van der Waals surface area contributed by atoms with E-state index in [0.29, 0.717) is 12.5 Å². The Labute approximate surface area is 141 Å². The van der Waals surface area contributed by atoms with E-state index in [-0.39, 0.29) is 6.10 Å². The molecule has 1 saturated carbocycles. The predicted molar refractivity (Wildman–Crippen MR) is 88.6 cm³/mol. The maximum absolute atomic E-state index is 10.6. The molecule has 1 aromatic carbocycles. The van der Waals surface area contributed by atoms with Gasteiger partial charge in [-0.05, 0) is 50.4 Å². The Balaban J connectivity index is 1.51. The molecule has 1 amide bonds. The van der Waals surface area contributed by atoms with Gasteiger partial charge in [0.25, 0.3) is 0 Å². The Hall–Kier alpha value is -1.46. The van der Waals surface area contributed by atoms with E-state index in [1.165, 1.54) is 12.8 Å². The Morgan fingerprint density at radius 2 is 2.04 bits per heavy atom. The summed E-state index contributed by atoms with van der Waals surface area (Å²) in [6.45, 7) is 3.55. The molecule has 23 heavy (non-hydrogen) atoms. The van der Waals surface area contributed by atoms with Gasteiger partial charge in [0.1, 0.15) is 5.75 Å². The largest absolute Gasteiger partial charge is 0.489 e. The van der Waals surface area contributed by atoms with Crippen molar-refractivity contribution in [2.45, 2.75) is 38.3 Å². The number of rotatable bonds is 6. The van der Waals surface area contributed by atoms with Gasteiger partial charge in [-0.3, -0.25) is 4.90 Å². The lowest BCUT2D eigenvalue weighted by Crippen LogP contribution is -2.37. The highest BCUT2D eigenvalue weighted by molar-refractivity contribution is 6.32. The molecule has 2 N–H and O–H groups in total. The van der Waals surface area contributed by atoms with Crippen LogP contribution in [0.5, 0.6) is 5.75 Å². The van der Waals surface area contributed by atoms with Crippen molar-refractivity contribution in [1.29, 1.82) is 0 Å². The molecule has 0 radical (unpaired) electrons. The van der Waals surface area contributed by atoms with Crippen LogP contribution in [0.1, 0.15) is 31.2 Å². The van der Waals surface area contributed by atoms with Crippen LogP contribution in [-0.2, 0) is 11.3 Å². The third-order valence-corrected chi connectivity index (χ3v) is 5.01. The Morgan fingerprint density at radius 1 is 1.30 bits per heavy atom. The number of nitrogens with zero attached hydrogens (tertiary/aromatic N) is 1. The minimum Gasteiger partial charge on any atom is -0.489 e. The number of nitrogens with two attached hydrogens (primary N) is 1. The van der Waals surface area contributed by atoms with E-state index in [9.17, 15) is 4.79 Å². The molecule has 1 aliphatic carbocycles. The van der Waals surface area contributed by atoms with Crippen LogP contribution in [0.3, 0.4) is 0 Å². The molecule has 0 spiro atoms. The summed E-state index contributed by atoms with van der Waals surface area (Å²) in [5.74, 6) is 1.08. The van der Waals surface area contributed by atoms with Crippen LogP contribution >= 0.6 is 11.6 Å². The lowest BCUT2D eigenvalue weighted by molar-refractivity contribution is 0.0257. The van der Waals surface area contributed by atoms with Gasteiger partial charge in [-0.1, -0.05) is 23.7 Å². The van der Waals surface area contributed by atoms with Gasteiger partial charge < -0.3 is 15.2 Å². The number of ether oxygens (including phenoxy) is 2. The molecule has 0 bridgehead atoms. The van der Waals surface area contributed by atoms with E-state index in [2.05, 4.69) is 11.0 Å². The Bertz CT molecular complexity index is 555. The smallest absolute Gasteiger partial charge is 0.404 e. The number of benzene rings is 1. The molecule has 1 aromatic rings. The second-order valence-electron chi connectivity index (χ2n) is 6.42. The van der Waals surface area contributed by atoms with Gasteiger partial charge in [0.2, 0.25) is 0 Å². The summed E-state index contributed by atoms with van der Waals surface area (Å²) in [5, 5.41) is 0.719. The number of hydrogen-bond acceptors (Lipinski definition) is 4. The number of halogens is 1. The highest BCUT2D eigenvalue weighted by Gasteiger charge is 2.32. The van der Waals surface area contributed by atoms with Gasteiger partial charge in [0, 0.05) is 12.5 Å². The zero-order chi connectivity index (χ0) is 16.2. The number of likely N-dealkylation sites (tertiary alicyclic amines) is 1. The molecule has 0 aromatic heterocycles. The minimum absolute atomic E-state index is 0.135. The fraction of sp³-hybridized carbons (Fsp3) is 0.588. The normalized spacial score (nSPS) is 24.2. The fourth-order valence-corrected chi connectivity index (χ4v) is 3.47. The predicted octanol–water partition coefficient (Wildman–Crippen LogP) is 3.19. The quantitative estimate of drug-likeness (QED) is 0.865. The lowest BCUT2D eigenvalue weighted by Gasteiger charge is -2.35. The van der Waals surface area contributed by atoms with E-state index in [0.717, 1.165) is 48.8 Å². The third kappa shape index (κ3) is 4.30. The van der Waals surface area contributed by atoms with E-state index >= 15 is 0 Å². The summed E-state index contributed by atoms with van der Waals surface area (Å²) in [6, 6.07) is 5.99. The van der Waals surface area contributed by atoms with Crippen LogP contribution in [-0.4, -0.2) is 36.8 Å². The number of amides is 1. The minimum atomic E-state index is -0.716. The van der Waals surface area contributed by atoms with Crippen molar-refractivity contribution in [2.24, 2.45) is 11.7 Å². The van der Waals surface area contributed by atoms with E-state index in [1.807, 2.05) is 12.1 Å². The lowest BCUT2D eigenvalue weighted by atomic mass is 9.83. The molecular weight excluding hydrogens is 316 g/mol. The molecule has 0 atom stereocenters. The topological polar surface area (TPSA) is 64.8 Å². The first-order chi connectivity index (χ1) is 11.1.